The van der Waals surface area contributed by atoms with E-state index in [1.54, 1.807) is 4.57 Å². The lowest BCUT2D eigenvalue weighted by molar-refractivity contribution is -0.133. The zero-order valence-corrected chi connectivity index (χ0v) is 22.4. The minimum Gasteiger partial charge on any atom is -0.332 e. The largest absolute Gasteiger partial charge is 0.332 e. The molecule has 0 fully saturated rings. The van der Waals surface area contributed by atoms with Crippen LogP contribution in [0.2, 0.25) is 0 Å². The maximum absolute atomic E-state index is 13.9. The average Bonchev–Trinajstić information content (AvgIpc) is 2.91. The van der Waals surface area contributed by atoms with Crippen LogP contribution in [0.3, 0.4) is 0 Å². The standard InChI is InChI=1S/C32H37N3O2/c1-5-6-8-17-30(36)34(21-20-26-13-9-7-10-14-26)25(4)31-33-28-16-12-11-15-27(28)32(37)35(31)29-22-23(2)18-19-24(29)3/h7,9-16,18-19,22,25H,5-6,8,17,20-21H2,1-4H3. The molecule has 0 aliphatic carbocycles. The van der Waals surface area contributed by atoms with Gasteiger partial charge in [-0.3, -0.25) is 14.2 Å². The lowest BCUT2D eigenvalue weighted by atomic mass is 10.1. The monoisotopic (exact) mass is 495 g/mol. The molecule has 0 spiro atoms. The number of benzene rings is 3. The fourth-order valence-electron chi connectivity index (χ4n) is 4.86. The van der Waals surface area contributed by atoms with Crippen LogP contribution in [-0.2, 0) is 11.2 Å². The second kappa shape index (κ2) is 12.0. The third kappa shape index (κ3) is 5.99. The Labute approximate surface area is 219 Å². The molecule has 1 amide bonds. The van der Waals surface area contributed by atoms with Crippen molar-refractivity contribution in [3.05, 3.63) is 106 Å². The molecule has 4 aromatic rings. The van der Waals surface area contributed by atoms with E-state index in [1.807, 2.05) is 86.3 Å². The molecule has 3 aromatic carbocycles. The van der Waals surface area contributed by atoms with E-state index in [2.05, 4.69) is 19.1 Å². The highest BCUT2D eigenvalue weighted by Crippen LogP contribution is 2.26. The molecule has 1 atom stereocenters. The van der Waals surface area contributed by atoms with Crippen LogP contribution in [0, 0.1) is 13.8 Å². The zero-order valence-electron chi connectivity index (χ0n) is 22.4. The van der Waals surface area contributed by atoms with Gasteiger partial charge in [0.25, 0.3) is 5.56 Å². The highest BCUT2D eigenvalue weighted by Gasteiger charge is 2.27. The third-order valence-corrected chi connectivity index (χ3v) is 7.05. The van der Waals surface area contributed by atoms with Crippen molar-refractivity contribution in [3.8, 4) is 5.69 Å². The van der Waals surface area contributed by atoms with Gasteiger partial charge in [-0.1, -0.05) is 74.4 Å². The molecule has 1 heterocycles. The van der Waals surface area contributed by atoms with Crippen molar-refractivity contribution in [3.63, 3.8) is 0 Å². The van der Waals surface area contributed by atoms with Gasteiger partial charge in [0.1, 0.15) is 5.82 Å². The smallest absolute Gasteiger partial charge is 0.266 e. The van der Waals surface area contributed by atoms with Crippen molar-refractivity contribution in [2.45, 2.75) is 65.8 Å². The summed E-state index contributed by atoms with van der Waals surface area (Å²) in [7, 11) is 0. The summed E-state index contributed by atoms with van der Waals surface area (Å²) in [5.74, 6) is 0.695. The van der Waals surface area contributed by atoms with Crippen molar-refractivity contribution in [2.24, 2.45) is 0 Å². The molecule has 0 saturated carbocycles. The van der Waals surface area contributed by atoms with Gasteiger partial charge >= 0.3 is 0 Å². The fourth-order valence-corrected chi connectivity index (χ4v) is 4.86. The van der Waals surface area contributed by atoms with Crippen LogP contribution in [0.15, 0.2) is 77.6 Å². The number of rotatable bonds is 10. The second-order valence-electron chi connectivity index (χ2n) is 9.87. The number of carbonyl (C=O) groups is 1. The Bertz CT molecular complexity index is 1430. The summed E-state index contributed by atoms with van der Waals surface area (Å²) in [6, 6.07) is 23.4. The molecule has 0 aliphatic heterocycles. The van der Waals surface area contributed by atoms with E-state index in [1.165, 1.54) is 5.56 Å². The number of hydrogen-bond acceptors (Lipinski definition) is 3. The lowest BCUT2D eigenvalue weighted by Gasteiger charge is -2.31. The number of hydrogen-bond donors (Lipinski definition) is 0. The summed E-state index contributed by atoms with van der Waals surface area (Å²) in [6.45, 7) is 8.73. The van der Waals surface area contributed by atoms with E-state index in [9.17, 15) is 9.59 Å². The second-order valence-corrected chi connectivity index (χ2v) is 9.87. The Morgan fingerprint density at radius 1 is 0.973 bits per heavy atom. The molecule has 0 bridgehead atoms. The topological polar surface area (TPSA) is 55.2 Å². The van der Waals surface area contributed by atoms with Crippen molar-refractivity contribution in [1.82, 2.24) is 14.5 Å². The summed E-state index contributed by atoms with van der Waals surface area (Å²) in [6.07, 6.45) is 4.18. The van der Waals surface area contributed by atoms with Crippen LogP contribution < -0.4 is 5.56 Å². The molecule has 0 radical (unpaired) electrons. The van der Waals surface area contributed by atoms with E-state index < -0.39 is 0 Å². The molecule has 37 heavy (non-hydrogen) atoms. The van der Waals surface area contributed by atoms with Gasteiger partial charge in [-0.2, -0.15) is 0 Å². The Morgan fingerprint density at radius 3 is 2.46 bits per heavy atom. The molecular weight excluding hydrogens is 458 g/mol. The van der Waals surface area contributed by atoms with Gasteiger partial charge in [0.2, 0.25) is 5.91 Å². The van der Waals surface area contributed by atoms with Crippen molar-refractivity contribution in [1.29, 1.82) is 0 Å². The lowest BCUT2D eigenvalue weighted by Crippen LogP contribution is -2.38. The number of nitrogens with zero attached hydrogens (tertiary/aromatic N) is 3. The van der Waals surface area contributed by atoms with Crippen LogP contribution in [0.5, 0.6) is 0 Å². The van der Waals surface area contributed by atoms with Crippen molar-refractivity contribution < 1.29 is 4.79 Å². The summed E-state index contributed by atoms with van der Waals surface area (Å²) in [5, 5.41) is 0.574. The maximum atomic E-state index is 13.9. The maximum Gasteiger partial charge on any atom is 0.266 e. The van der Waals surface area contributed by atoms with Crippen LogP contribution in [0.4, 0.5) is 0 Å². The summed E-state index contributed by atoms with van der Waals surface area (Å²) >= 11 is 0. The molecule has 5 heteroatoms. The van der Waals surface area contributed by atoms with Crippen LogP contribution in [0.25, 0.3) is 16.6 Å². The Balaban J connectivity index is 1.83. The van der Waals surface area contributed by atoms with E-state index in [4.69, 9.17) is 4.98 Å². The first-order chi connectivity index (χ1) is 17.9. The molecule has 1 aromatic heterocycles. The zero-order chi connectivity index (χ0) is 26.4. The SMILES string of the molecule is CCCCCC(=O)N(CCc1ccccc1)C(C)c1nc2ccccc2c(=O)n1-c1cc(C)ccc1C. The number of amides is 1. The molecule has 0 N–H and O–H groups in total. The van der Waals surface area contributed by atoms with Crippen LogP contribution in [-0.4, -0.2) is 26.9 Å². The quantitative estimate of drug-likeness (QED) is 0.230. The van der Waals surface area contributed by atoms with Crippen LogP contribution in [0.1, 0.15) is 68.1 Å². The Kier molecular flexibility index (Phi) is 8.54. The number of carbonyl (C=O) groups excluding carboxylic acids is 1. The normalized spacial score (nSPS) is 12.0. The van der Waals surface area contributed by atoms with Gasteiger partial charge in [0, 0.05) is 13.0 Å². The highest BCUT2D eigenvalue weighted by molar-refractivity contribution is 5.79. The van der Waals surface area contributed by atoms with Gasteiger partial charge in [-0.15, -0.1) is 0 Å². The van der Waals surface area contributed by atoms with E-state index >= 15 is 0 Å². The first-order valence-corrected chi connectivity index (χ1v) is 13.3. The Morgan fingerprint density at radius 2 is 1.70 bits per heavy atom. The molecule has 4 rings (SSSR count). The molecule has 1 unspecified atom stereocenters. The van der Waals surface area contributed by atoms with E-state index in [0.717, 1.165) is 42.5 Å². The van der Waals surface area contributed by atoms with Gasteiger partial charge < -0.3 is 4.90 Å². The third-order valence-electron chi connectivity index (χ3n) is 7.05. The number of aromatic nitrogens is 2. The minimum atomic E-state index is -0.380. The molecule has 0 aliphatic rings. The van der Waals surface area contributed by atoms with Gasteiger partial charge in [0.05, 0.1) is 22.6 Å². The predicted octanol–water partition coefficient (Wildman–Crippen LogP) is 6.72. The number of fused-ring (bicyclic) bond motifs is 1. The molecular formula is C32H37N3O2. The van der Waals surface area contributed by atoms with E-state index in [-0.39, 0.29) is 17.5 Å². The minimum absolute atomic E-state index is 0.104. The number of unbranched alkanes of at least 4 members (excludes halogenated alkanes) is 2. The summed E-state index contributed by atoms with van der Waals surface area (Å²) in [4.78, 5) is 34.4. The van der Waals surface area contributed by atoms with Crippen molar-refractivity contribution >= 4 is 16.8 Å². The summed E-state index contributed by atoms with van der Waals surface area (Å²) in [5.41, 5.74) is 4.59. The first kappa shape index (κ1) is 26.3. The molecule has 0 saturated heterocycles. The summed E-state index contributed by atoms with van der Waals surface area (Å²) < 4.78 is 1.73. The van der Waals surface area contributed by atoms with Crippen molar-refractivity contribution in [2.75, 3.05) is 6.54 Å². The average molecular weight is 496 g/mol. The highest BCUT2D eigenvalue weighted by atomic mass is 16.2. The van der Waals surface area contributed by atoms with Gasteiger partial charge in [0.15, 0.2) is 0 Å². The predicted molar refractivity (Wildman–Crippen MR) is 151 cm³/mol. The number of para-hydroxylation sites is 1. The number of aryl methyl sites for hydroxylation is 2. The van der Waals surface area contributed by atoms with Crippen LogP contribution >= 0.6 is 0 Å². The van der Waals surface area contributed by atoms with Gasteiger partial charge in [-0.05, 0) is 68.5 Å². The molecule has 5 nitrogen and oxygen atoms in total. The van der Waals surface area contributed by atoms with E-state index in [0.29, 0.717) is 29.7 Å². The molecule has 192 valence electrons. The first-order valence-electron chi connectivity index (χ1n) is 13.3. The fraction of sp³-hybridized carbons (Fsp3) is 0.344. The van der Waals surface area contributed by atoms with Gasteiger partial charge in [-0.25, -0.2) is 4.98 Å². The Hall–Kier alpha value is -3.73.